The molecular weight excluding hydrogens is 232 g/mol. The van der Waals surface area contributed by atoms with Crippen LogP contribution in [0.1, 0.15) is 25.7 Å². The van der Waals surface area contributed by atoms with Crippen LogP contribution in [0, 0.1) is 0 Å². The van der Waals surface area contributed by atoms with Gasteiger partial charge in [-0.25, -0.2) is 0 Å². The normalized spacial score (nSPS) is 10.9. The molecule has 0 rings (SSSR count). The third-order valence-electron chi connectivity index (χ3n) is 1.58. The lowest BCUT2D eigenvalue weighted by molar-refractivity contribution is -0.140. The maximum absolute atomic E-state index is 9.99. The van der Waals surface area contributed by atoms with Gasteiger partial charge in [-0.3, -0.25) is 14.4 Å². The second-order valence-electron chi connectivity index (χ2n) is 3.16. The van der Waals surface area contributed by atoms with Crippen molar-refractivity contribution in [2.75, 3.05) is 6.54 Å². The lowest BCUT2D eigenvalue weighted by Gasteiger charge is -2.01. The highest BCUT2D eigenvalue weighted by Gasteiger charge is 2.12. The molecule has 7 N–H and O–H groups in total. The van der Waals surface area contributed by atoms with E-state index in [4.69, 9.17) is 26.8 Å². The van der Waals surface area contributed by atoms with Crippen LogP contribution in [0.25, 0.3) is 0 Å². The van der Waals surface area contributed by atoms with Gasteiger partial charge >= 0.3 is 17.9 Å². The molecule has 0 radical (unpaired) electrons. The van der Waals surface area contributed by atoms with Crippen LogP contribution in [0.5, 0.6) is 0 Å². The van der Waals surface area contributed by atoms with Crippen LogP contribution in [0.3, 0.4) is 0 Å². The third-order valence-corrected chi connectivity index (χ3v) is 1.58. The number of aliphatic carboxylic acids is 3. The smallest absolute Gasteiger partial charge is 0.320 e. The molecule has 0 spiro atoms. The Balaban J connectivity index is 0. The van der Waals surface area contributed by atoms with Crippen molar-refractivity contribution >= 4 is 17.9 Å². The summed E-state index contributed by atoms with van der Waals surface area (Å²) in [6.07, 6.45) is 0.546. The Labute approximate surface area is 98.2 Å². The first-order chi connectivity index (χ1) is 7.81. The molecule has 8 nitrogen and oxygen atoms in total. The Morgan fingerprint density at radius 3 is 1.71 bits per heavy atom. The summed E-state index contributed by atoms with van der Waals surface area (Å²) < 4.78 is 0. The molecule has 0 heterocycles. The fraction of sp³-hybridized carbons (Fsp3) is 0.667. The van der Waals surface area contributed by atoms with Crippen molar-refractivity contribution in [3.05, 3.63) is 0 Å². The fourth-order valence-electron chi connectivity index (χ4n) is 0.656. The topological polar surface area (TPSA) is 164 Å². The van der Waals surface area contributed by atoms with Crippen LogP contribution in [-0.4, -0.2) is 45.8 Å². The SMILES string of the molecule is NCCCC(=O)O.N[C@@H](CCC(=O)O)C(=O)O. The van der Waals surface area contributed by atoms with Crippen LogP contribution in [0.4, 0.5) is 0 Å². The zero-order chi connectivity index (χ0) is 13.8. The molecule has 0 saturated carbocycles. The fourth-order valence-corrected chi connectivity index (χ4v) is 0.656. The second kappa shape index (κ2) is 10.8. The Morgan fingerprint density at radius 2 is 1.47 bits per heavy atom. The predicted molar refractivity (Wildman–Crippen MR) is 58.4 cm³/mol. The summed E-state index contributed by atoms with van der Waals surface area (Å²) in [5.74, 6) is -2.97. The van der Waals surface area contributed by atoms with Gasteiger partial charge in [0.15, 0.2) is 0 Å². The van der Waals surface area contributed by atoms with E-state index in [1.165, 1.54) is 0 Å². The number of carboxylic acids is 3. The molecule has 0 saturated heterocycles. The zero-order valence-corrected chi connectivity index (χ0v) is 9.33. The van der Waals surface area contributed by atoms with Gasteiger partial charge in [0.1, 0.15) is 6.04 Å². The highest BCUT2D eigenvalue weighted by atomic mass is 16.4. The lowest BCUT2D eigenvalue weighted by Crippen LogP contribution is -2.30. The molecule has 17 heavy (non-hydrogen) atoms. The van der Waals surface area contributed by atoms with Crippen LogP contribution in [0.15, 0.2) is 0 Å². The van der Waals surface area contributed by atoms with Crippen molar-refractivity contribution in [1.29, 1.82) is 0 Å². The summed E-state index contributed by atoms with van der Waals surface area (Å²) in [5.41, 5.74) is 10.0. The molecule has 0 aliphatic rings. The Morgan fingerprint density at radius 1 is 1.00 bits per heavy atom. The van der Waals surface area contributed by atoms with Crippen LogP contribution < -0.4 is 11.5 Å². The number of hydrogen-bond donors (Lipinski definition) is 5. The molecule has 0 bridgehead atoms. The maximum atomic E-state index is 9.99. The van der Waals surface area contributed by atoms with Crippen molar-refractivity contribution in [3.63, 3.8) is 0 Å². The highest BCUT2D eigenvalue weighted by Crippen LogP contribution is 1.93. The van der Waals surface area contributed by atoms with E-state index in [0.717, 1.165) is 0 Å². The third kappa shape index (κ3) is 17.0. The molecular formula is C9H18N2O6. The first-order valence-electron chi connectivity index (χ1n) is 4.93. The molecule has 0 aliphatic heterocycles. The number of carboxylic acid groups (broad SMARTS) is 3. The number of rotatable bonds is 7. The standard InChI is InChI=1S/C5H9NO4.C4H9NO2/c6-3(5(9)10)1-2-4(7)8;5-3-1-2-4(6)7/h3H,1-2,6H2,(H,7,8)(H,9,10);1-3,5H2,(H,6,7)/t3-;/m0./s1. The number of hydrogen-bond acceptors (Lipinski definition) is 5. The van der Waals surface area contributed by atoms with Crippen molar-refractivity contribution < 1.29 is 29.7 Å². The van der Waals surface area contributed by atoms with Gasteiger partial charge in [-0.05, 0) is 19.4 Å². The van der Waals surface area contributed by atoms with E-state index < -0.39 is 23.9 Å². The van der Waals surface area contributed by atoms with Crippen molar-refractivity contribution in [2.24, 2.45) is 11.5 Å². The van der Waals surface area contributed by atoms with Crippen LogP contribution in [0.2, 0.25) is 0 Å². The van der Waals surface area contributed by atoms with Gasteiger partial charge < -0.3 is 26.8 Å². The quantitative estimate of drug-likeness (QED) is 0.386. The molecule has 0 aromatic rings. The molecule has 0 aliphatic carbocycles. The maximum Gasteiger partial charge on any atom is 0.320 e. The first kappa shape index (κ1) is 17.7. The number of nitrogens with two attached hydrogens (primary N) is 2. The Kier molecular flexibility index (Phi) is 11.3. The summed E-state index contributed by atoms with van der Waals surface area (Å²) in [6.45, 7) is 0.465. The zero-order valence-electron chi connectivity index (χ0n) is 9.33. The van der Waals surface area contributed by atoms with E-state index in [0.29, 0.717) is 13.0 Å². The Bertz CT molecular complexity index is 256. The molecule has 1 atom stereocenters. The van der Waals surface area contributed by atoms with Gasteiger partial charge in [-0.15, -0.1) is 0 Å². The van der Waals surface area contributed by atoms with Crippen molar-refractivity contribution in [2.45, 2.75) is 31.7 Å². The van der Waals surface area contributed by atoms with Gasteiger partial charge in [0.25, 0.3) is 0 Å². The molecule has 0 aromatic carbocycles. The van der Waals surface area contributed by atoms with Crippen molar-refractivity contribution in [1.82, 2.24) is 0 Å². The van der Waals surface area contributed by atoms with E-state index >= 15 is 0 Å². The summed E-state index contributed by atoms with van der Waals surface area (Å²) in [5, 5.41) is 24.3. The summed E-state index contributed by atoms with van der Waals surface area (Å²) >= 11 is 0. The van der Waals surface area contributed by atoms with Gasteiger partial charge in [0.2, 0.25) is 0 Å². The Hall–Kier alpha value is -1.67. The van der Waals surface area contributed by atoms with E-state index in [1.807, 2.05) is 0 Å². The van der Waals surface area contributed by atoms with Crippen LogP contribution >= 0.6 is 0 Å². The molecule has 0 fully saturated rings. The van der Waals surface area contributed by atoms with E-state index in [1.54, 1.807) is 0 Å². The minimum atomic E-state index is -1.17. The minimum Gasteiger partial charge on any atom is -0.481 e. The van der Waals surface area contributed by atoms with Gasteiger partial charge in [-0.1, -0.05) is 0 Å². The molecule has 0 unspecified atom stereocenters. The van der Waals surface area contributed by atoms with Crippen LogP contribution in [-0.2, 0) is 14.4 Å². The molecule has 100 valence electrons. The van der Waals surface area contributed by atoms with Gasteiger partial charge in [0.05, 0.1) is 0 Å². The largest absolute Gasteiger partial charge is 0.481 e. The summed E-state index contributed by atoms with van der Waals surface area (Å²) in [4.78, 5) is 29.6. The lowest BCUT2D eigenvalue weighted by atomic mass is 10.2. The summed E-state index contributed by atoms with van der Waals surface area (Å²) in [7, 11) is 0. The van der Waals surface area contributed by atoms with E-state index in [2.05, 4.69) is 0 Å². The number of carbonyl (C=O) groups is 3. The summed E-state index contributed by atoms with van der Waals surface area (Å²) in [6, 6.07) is -1.06. The molecule has 8 heteroatoms. The van der Waals surface area contributed by atoms with E-state index in [-0.39, 0.29) is 19.3 Å². The molecule has 0 amide bonds. The van der Waals surface area contributed by atoms with Crippen molar-refractivity contribution in [3.8, 4) is 0 Å². The van der Waals surface area contributed by atoms with E-state index in [9.17, 15) is 14.4 Å². The average molecular weight is 250 g/mol. The highest BCUT2D eigenvalue weighted by molar-refractivity contribution is 5.74. The predicted octanol–water partition coefficient (Wildman–Crippen LogP) is -0.927. The monoisotopic (exact) mass is 250 g/mol. The van der Waals surface area contributed by atoms with Gasteiger partial charge in [-0.2, -0.15) is 0 Å². The minimum absolute atomic E-state index is 0.0231. The first-order valence-corrected chi connectivity index (χ1v) is 4.93. The molecule has 0 aromatic heterocycles. The van der Waals surface area contributed by atoms with Gasteiger partial charge in [0, 0.05) is 12.8 Å². The average Bonchev–Trinajstić information content (AvgIpc) is 2.23. The second-order valence-corrected chi connectivity index (χ2v) is 3.16.